The first-order valence-electron chi connectivity index (χ1n) is 6.16. The van der Waals surface area contributed by atoms with Crippen LogP contribution in [-0.2, 0) is 11.2 Å². The van der Waals surface area contributed by atoms with E-state index < -0.39 is 0 Å². The van der Waals surface area contributed by atoms with Crippen LogP contribution in [-0.4, -0.2) is 5.91 Å². The SMILES string of the molecule is Cc1ccc(NC(=O)Cc2ccc(F)cc2)c(C)c1. The van der Waals surface area contributed by atoms with E-state index in [2.05, 4.69) is 5.32 Å². The van der Waals surface area contributed by atoms with Crippen molar-refractivity contribution in [2.75, 3.05) is 5.32 Å². The Balaban J connectivity index is 2.03. The first kappa shape index (κ1) is 13.3. The van der Waals surface area contributed by atoms with Gasteiger partial charge in [-0.25, -0.2) is 4.39 Å². The van der Waals surface area contributed by atoms with E-state index in [1.54, 1.807) is 12.1 Å². The number of halogens is 1. The maximum absolute atomic E-state index is 12.8. The van der Waals surface area contributed by atoms with Gasteiger partial charge in [0.1, 0.15) is 5.82 Å². The summed E-state index contributed by atoms with van der Waals surface area (Å²) in [6.45, 7) is 3.97. The Hall–Kier alpha value is -2.16. The third-order valence-electron chi connectivity index (χ3n) is 2.93. The van der Waals surface area contributed by atoms with Gasteiger partial charge in [-0.3, -0.25) is 4.79 Å². The highest BCUT2D eigenvalue weighted by Crippen LogP contribution is 2.16. The molecular formula is C16H16FNO. The zero-order chi connectivity index (χ0) is 13.8. The molecule has 98 valence electrons. The summed E-state index contributed by atoms with van der Waals surface area (Å²) in [6.07, 6.45) is 0.244. The summed E-state index contributed by atoms with van der Waals surface area (Å²) < 4.78 is 12.8. The molecular weight excluding hydrogens is 241 g/mol. The molecule has 2 aromatic rings. The molecule has 0 radical (unpaired) electrons. The van der Waals surface area contributed by atoms with E-state index in [1.807, 2.05) is 32.0 Å². The van der Waals surface area contributed by atoms with Crippen LogP contribution in [0.3, 0.4) is 0 Å². The first-order chi connectivity index (χ1) is 9.04. The highest BCUT2D eigenvalue weighted by molar-refractivity contribution is 5.92. The van der Waals surface area contributed by atoms with Crippen LogP contribution in [0.1, 0.15) is 16.7 Å². The molecule has 1 N–H and O–H groups in total. The quantitative estimate of drug-likeness (QED) is 0.894. The lowest BCUT2D eigenvalue weighted by atomic mass is 10.1. The average molecular weight is 257 g/mol. The predicted octanol–water partition coefficient (Wildman–Crippen LogP) is 3.62. The van der Waals surface area contributed by atoms with Gasteiger partial charge in [0, 0.05) is 5.69 Å². The molecule has 0 spiro atoms. The lowest BCUT2D eigenvalue weighted by Crippen LogP contribution is -2.15. The monoisotopic (exact) mass is 257 g/mol. The minimum absolute atomic E-state index is 0.0986. The van der Waals surface area contributed by atoms with Gasteiger partial charge in [0.05, 0.1) is 6.42 Å². The lowest BCUT2D eigenvalue weighted by Gasteiger charge is -2.09. The molecule has 0 aliphatic carbocycles. The Kier molecular flexibility index (Phi) is 3.95. The molecule has 19 heavy (non-hydrogen) atoms. The van der Waals surface area contributed by atoms with Gasteiger partial charge in [-0.2, -0.15) is 0 Å². The normalized spacial score (nSPS) is 10.3. The number of carbonyl (C=O) groups is 1. The van der Waals surface area contributed by atoms with E-state index in [4.69, 9.17) is 0 Å². The molecule has 0 aliphatic heterocycles. The molecule has 0 aromatic heterocycles. The number of hydrogen-bond donors (Lipinski definition) is 1. The molecule has 0 atom stereocenters. The van der Waals surface area contributed by atoms with Gasteiger partial charge < -0.3 is 5.32 Å². The van der Waals surface area contributed by atoms with Crippen molar-refractivity contribution in [3.05, 3.63) is 65.0 Å². The molecule has 1 amide bonds. The Bertz CT molecular complexity index is 590. The number of benzene rings is 2. The number of carbonyl (C=O) groups excluding carboxylic acids is 1. The van der Waals surface area contributed by atoms with E-state index in [-0.39, 0.29) is 18.1 Å². The Morgan fingerprint density at radius 1 is 1.11 bits per heavy atom. The smallest absolute Gasteiger partial charge is 0.228 e. The molecule has 0 heterocycles. The van der Waals surface area contributed by atoms with Gasteiger partial charge >= 0.3 is 0 Å². The Morgan fingerprint density at radius 3 is 2.42 bits per heavy atom. The maximum atomic E-state index is 12.8. The first-order valence-corrected chi connectivity index (χ1v) is 6.16. The van der Waals surface area contributed by atoms with Crippen LogP contribution >= 0.6 is 0 Å². The minimum Gasteiger partial charge on any atom is -0.326 e. The molecule has 0 saturated heterocycles. The zero-order valence-electron chi connectivity index (χ0n) is 11.0. The number of anilines is 1. The van der Waals surface area contributed by atoms with E-state index in [1.165, 1.54) is 12.1 Å². The Morgan fingerprint density at radius 2 is 1.79 bits per heavy atom. The molecule has 0 unspecified atom stereocenters. The second kappa shape index (κ2) is 5.65. The molecule has 0 fully saturated rings. The van der Waals surface area contributed by atoms with Crippen molar-refractivity contribution in [1.29, 1.82) is 0 Å². The van der Waals surface area contributed by atoms with Crippen molar-refractivity contribution in [1.82, 2.24) is 0 Å². The van der Waals surface area contributed by atoms with Crippen molar-refractivity contribution in [3.8, 4) is 0 Å². The number of aryl methyl sites for hydroxylation is 2. The van der Waals surface area contributed by atoms with E-state index in [9.17, 15) is 9.18 Å². The third-order valence-corrected chi connectivity index (χ3v) is 2.93. The standard InChI is InChI=1S/C16H16FNO/c1-11-3-8-15(12(2)9-11)18-16(19)10-13-4-6-14(17)7-5-13/h3-9H,10H2,1-2H3,(H,18,19). The Labute approximate surface area is 112 Å². The van der Waals surface area contributed by atoms with Crippen molar-refractivity contribution in [2.45, 2.75) is 20.3 Å². The highest BCUT2D eigenvalue weighted by Gasteiger charge is 2.06. The second-order valence-electron chi connectivity index (χ2n) is 4.67. The highest BCUT2D eigenvalue weighted by atomic mass is 19.1. The van der Waals surface area contributed by atoms with Gasteiger partial charge in [-0.15, -0.1) is 0 Å². The summed E-state index contributed by atoms with van der Waals surface area (Å²) in [5.74, 6) is -0.392. The van der Waals surface area contributed by atoms with Crippen molar-refractivity contribution >= 4 is 11.6 Å². The molecule has 2 rings (SSSR count). The van der Waals surface area contributed by atoms with Gasteiger partial charge in [-0.1, -0.05) is 29.8 Å². The second-order valence-corrected chi connectivity index (χ2v) is 4.67. The van der Waals surface area contributed by atoms with Crippen LogP contribution in [0, 0.1) is 19.7 Å². The van der Waals surface area contributed by atoms with Crippen LogP contribution in [0.25, 0.3) is 0 Å². The van der Waals surface area contributed by atoms with Crippen molar-refractivity contribution in [3.63, 3.8) is 0 Å². The molecule has 0 saturated carbocycles. The number of rotatable bonds is 3. The lowest BCUT2D eigenvalue weighted by molar-refractivity contribution is -0.115. The fourth-order valence-electron chi connectivity index (χ4n) is 1.94. The molecule has 0 bridgehead atoms. The van der Waals surface area contributed by atoms with Crippen LogP contribution in [0.2, 0.25) is 0 Å². The molecule has 3 heteroatoms. The van der Waals surface area contributed by atoms with E-state index in [0.717, 1.165) is 22.4 Å². The van der Waals surface area contributed by atoms with Gasteiger partial charge in [-0.05, 0) is 43.2 Å². The molecule has 2 aromatic carbocycles. The fraction of sp³-hybridized carbons (Fsp3) is 0.188. The number of amides is 1. The minimum atomic E-state index is -0.293. The summed E-state index contributed by atoms with van der Waals surface area (Å²) in [5.41, 5.74) is 3.81. The van der Waals surface area contributed by atoms with E-state index in [0.29, 0.717) is 0 Å². The van der Waals surface area contributed by atoms with Gasteiger partial charge in [0.15, 0.2) is 0 Å². The van der Waals surface area contributed by atoms with E-state index >= 15 is 0 Å². The summed E-state index contributed by atoms with van der Waals surface area (Å²) in [6, 6.07) is 11.8. The van der Waals surface area contributed by atoms with Crippen LogP contribution in [0.15, 0.2) is 42.5 Å². The van der Waals surface area contributed by atoms with Gasteiger partial charge in [0.25, 0.3) is 0 Å². The maximum Gasteiger partial charge on any atom is 0.228 e. The third kappa shape index (κ3) is 3.65. The average Bonchev–Trinajstić information content (AvgIpc) is 2.36. The molecule has 0 aliphatic rings. The topological polar surface area (TPSA) is 29.1 Å². The summed E-state index contributed by atoms with van der Waals surface area (Å²) >= 11 is 0. The van der Waals surface area contributed by atoms with Crippen LogP contribution in [0.5, 0.6) is 0 Å². The van der Waals surface area contributed by atoms with Gasteiger partial charge in [0.2, 0.25) is 5.91 Å². The summed E-state index contributed by atoms with van der Waals surface area (Å²) in [5, 5.41) is 2.87. The summed E-state index contributed by atoms with van der Waals surface area (Å²) in [4.78, 5) is 11.9. The fourth-order valence-corrected chi connectivity index (χ4v) is 1.94. The summed E-state index contributed by atoms with van der Waals surface area (Å²) in [7, 11) is 0. The molecule has 2 nitrogen and oxygen atoms in total. The largest absolute Gasteiger partial charge is 0.326 e. The zero-order valence-corrected chi connectivity index (χ0v) is 11.0. The number of nitrogens with one attached hydrogen (secondary N) is 1. The van der Waals surface area contributed by atoms with Crippen molar-refractivity contribution in [2.24, 2.45) is 0 Å². The van der Waals surface area contributed by atoms with Crippen LogP contribution < -0.4 is 5.32 Å². The van der Waals surface area contributed by atoms with Crippen LogP contribution in [0.4, 0.5) is 10.1 Å². The number of hydrogen-bond acceptors (Lipinski definition) is 1. The van der Waals surface area contributed by atoms with Crippen molar-refractivity contribution < 1.29 is 9.18 Å². The predicted molar refractivity (Wildman–Crippen MR) is 74.6 cm³/mol.